The lowest BCUT2D eigenvalue weighted by molar-refractivity contribution is 0.0170. The molecule has 1 atom stereocenters. The Hall–Kier alpha value is -0.720. The van der Waals surface area contributed by atoms with Crippen molar-refractivity contribution in [2.24, 2.45) is 5.92 Å². The number of piperidine rings is 1. The Labute approximate surface area is 176 Å². The van der Waals surface area contributed by atoms with Crippen molar-refractivity contribution < 1.29 is 4.79 Å². The summed E-state index contributed by atoms with van der Waals surface area (Å²) in [5.74, 6) is 0.938. The van der Waals surface area contributed by atoms with Crippen molar-refractivity contribution in [3.63, 3.8) is 0 Å². The van der Waals surface area contributed by atoms with Crippen LogP contribution in [0.15, 0.2) is 24.4 Å². The summed E-state index contributed by atoms with van der Waals surface area (Å²) in [6.07, 6.45) is 4.95. The van der Waals surface area contributed by atoms with Crippen LogP contribution in [0.25, 0.3) is 0 Å². The molecule has 154 valence electrons. The van der Waals surface area contributed by atoms with Gasteiger partial charge in [-0.3, -0.25) is 14.7 Å². The summed E-state index contributed by atoms with van der Waals surface area (Å²) in [4.78, 5) is 22.7. The van der Waals surface area contributed by atoms with Crippen molar-refractivity contribution in [1.82, 2.24) is 20.1 Å². The van der Waals surface area contributed by atoms with Gasteiger partial charge >= 0.3 is 0 Å². The van der Waals surface area contributed by atoms with Crippen LogP contribution in [0.2, 0.25) is 0 Å². The molecule has 1 unspecified atom stereocenters. The van der Waals surface area contributed by atoms with E-state index in [4.69, 9.17) is 0 Å². The van der Waals surface area contributed by atoms with Crippen molar-refractivity contribution in [3.05, 3.63) is 30.1 Å². The molecule has 1 aromatic rings. The summed E-state index contributed by atoms with van der Waals surface area (Å²) in [6, 6.07) is 5.64. The second-order valence-corrected chi connectivity index (χ2v) is 7.87. The fourth-order valence-electron chi connectivity index (χ4n) is 4.07. The molecule has 0 amide bonds. The molecule has 2 aliphatic rings. The number of nitrogens with zero attached hydrogens (tertiary/aromatic N) is 3. The molecule has 0 spiro atoms. The van der Waals surface area contributed by atoms with Gasteiger partial charge in [-0.1, -0.05) is 19.9 Å². The molecule has 0 radical (unpaired) electrons. The lowest BCUT2D eigenvalue weighted by Crippen LogP contribution is -2.66. The highest BCUT2D eigenvalue weighted by Gasteiger charge is 2.46. The van der Waals surface area contributed by atoms with E-state index in [9.17, 15) is 4.79 Å². The standard InChI is InChI=1S/C20H32N4O.2ClH/c1-17(2)7-11-23-12-14-24(15-13-23)20(8-5-9-21-16-20)19(25)18-6-3-4-10-22-18;;/h3-4,6,10,17,21H,5,7-9,11-16H2,1-2H3;2*1H. The Bertz CT molecular complexity index is 556. The van der Waals surface area contributed by atoms with Crippen LogP contribution in [0, 0.1) is 5.92 Å². The van der Waals surface area contributed by atoms with E-state index in [-0.39, 0.29) is 30.6 Å². The fourth-order valence-corrected chi connectivity index (χ4v) is 4.07. The van der Waals surface area contributed by atoms with Crippen molar-refractivity contribution in [2.75, 3.05) is 45.8 Å². The van der Waals surface area contributed by atoms with Crippen molar-refractivity contribution in [2.45, 2.75) is 38.6 Å². The Morgan fingerprint density at radius 1 is 1.22 bits per heavy atom. The van der Waals surface area contributed by atoms with E-state index in [1.165, 1.54) is 13.0 Å². The second kappa shape index (κ2) is 11.3. The molecule has 27 heavy (non-hydrogen) atoms. The van der Waals surface area contributed by atoms with Crippen LogP contribution in [0.3, 0.4) is 0 Å². The average molecular weight is 417 g/mol. The average Bonchev–Trinajstić information content (AvgIpc) is 2.67. The van der Waals surface area contributed by atoms with Gasteiger partial charge in [-0.25, -0.2) is 0 Å². The SMILES string of the molecule is CC(C)CCN1CCN(C2(C(=O)c3ccccn3)CCCNC2)CC1.Cl.Cl. The monoisotopic (exact) mass is 416 g/mol. The first-order chi connectivity index (χ1) is 12.1. The number of hydrogen-bond donors (Lipinski definition) is 1. The van der Waals surface area contributed by atoms with Gasteiger partial charge in [-0.15, -0.1) is 24.8 Å². The molecule has 1 aromatic heterocycles. The van der Waals surface area contributed by atoms with Crippen LogP contribution in [-0.4, -0.2) is 71.9 Å². The Morgan fingerprint density at radius 2 is 1.96 bits per heavy atom. The van der Waals surface area contributed by atoms with Gasteiger partial charge in [-0.05, 0) is 50.4 Å². The van der Waals surface area contributed by atoms with Crippen LogP contribution >= 0.6 is 24.8 Å². The molecule has 3 rings (SSSR count). The number of halogens is 2. The Kier molecular flexibility index (Phi) is 10.2. The second-order valence-electron chi connectivity index (χ2n) is 7.87. The molecule has 2 aliphatic heterocycles. The van der Waals surface area contributed by atoms with Crippen molar-refractivity contribution in [1.29, 1.82) is 0 Å². The fraction of sp³-hybridized carbons (Fsp3) is 0.700. The number of nitrogens with one attached hydrogen (secondary N) is 1. The highest BCUT2D eigenvalue weighted by molar-refractivity contribution is 6.02. The first-order valence-electron chi connectivity index (χ1n) is 9.76. The first kappa shape index (κ1) is 24.3. The van der Waals surface area contributed by atoms with Gasteiger partial charge < -0.3 is 10.2 Å². The maximum Gasteiger partial charge on any atom is 0.202 e. The van der Waals surface area contributed by atoms with E-state index in [2.05, 4.69) is 33.9 Å². The molecular weight excluding hydrogens is 383 g/mol. The molecule has 5 nitrogen and oxygen atoms in total. The quantitative estimate of drug-likeness (QED) is 0.722. The topological polar surface area (TPSA) is 48.5 Å². The van der Waals surface area contributed by atoms with E-state index in [1.54, 1.807) is 6.20 Å². The smallest absolute Gasteiger partial charge is 0.202 e. The molecule has 0 saturated carbocycles. The van der Waals surface area contributed by atoms with Gasteiger partial charge in [-0.2, -0.15) is 0 Å². The third-order valence-corrected chi connectivity index (χ3v) is 5.68. The predicted molar refractivity (Wildman–Crippen MR) is 115 cm³/mol. The molecule has 3 heterocycles. The van der Waals surface area contributed by atoms with E-state index < -0.39 is 5.54 Å². The molecule has 1 N–H and O–H groups in total. The molecule has 2 fully saturated rings. The molecule has 0 bridgehead atoms. The first-order valence-corrected chi connectivity index (χ1v) is 9.76. The van der Waals surface area contributed by atoms with Crippen molar-refractivity contribution >= 4 is 30.6 Å². The zero-order valence-corrected chi connectivity index (χ0v) is 18.2. The van der Waals surface area contributed by atoms with E-state index >= 15 is 0 Å². The molecule has 2 saturated heterocycles. The minimum Gasteiger partial charge on any atom is -0.314 e. The number of Topliss-reactive ketones (excluding diaryl/α,β-unsaturated/α-hetero) is 1. The van der Waals surface area contributed by atoms with E-state index in [0.717, 1.165) is 58.0 Å². The Balaban J connectivity index is 0.00000182. The number of aromatic nitrogens is 1. The normalized spacial score (nSPS) is 24.1. The largest absolute Gasteiger partial charge is 0.314 e. The number of rotatable bonds is 6. The summed E-state index contributed by atoms with van der Waals surface area (Å²) in [5.41, 5.74) is 0.185. The lowest BCUT2D eigenvalue weighted by Gasteiger charge is -2.48. The van der Waals surface area contributed by atoms with Gasteiger partial charge in [0.05, 0.1) is 5.54 Å². The highest BCUT2D eigenvalue weighted by Crippen LogP contribution is 2.29. The molecular formula is C20H34Cl2N4O. The van der Waals surface area contributed by atoms with Gasteiger partial charge in [0.2, 0.25) is 5.78 Å². The molecule has 7 heteroatoms. The zero-order chi connectivity index (χ0) is 17.7. The summed E-state index contributed by atoms with van der Waals surface area (Å²) in [5, 5.41) is 3.47. The predicted octanol–water partition coefficient (Wildman–Crippen LogP) is 2.89. The van der Waals surface area contributed by atoms with Crippen LogP contribution in [0.5, 0.6) is 0 Å². The van der Waals surface area contributed by atoms with Gasteiger partial charge in [0.1, 0.15) is 5.69 Å². The Morgan fingerprint density at radius 3 is 2.52 bits per heavy atom. The maximum atomic E-state index is 13.4. The van der Waals surface area contributed by atoms with Crippen LogP contribution < -0.4 is 5.32 Å². The van der Waals surface area contributed by atoms with Crippen molar-refractivity contribution in [3.8, 4) is 0 Å². The zero-order valence-electron chi connectivity index (χ0n) is 16.5. The minimum absolute atomic E-state index is 0. The minimum atomic E-state index is -0.420. The third kappa shape index (κ3) is 5.88. The summed E-state index contributed by atoms with van der Waals surface area (Å²) < 4.78 is 0. The number of pyridine rings is 1. The highest BCUT2D eigenvalue weighted by atomic mass is 35.5. The maximum absolute atomic E-state index is 13.4. The lowest BCUT2D eigenvalue weighted by atomic mass is 9.82. The number of ketones is 1. The molecule has 0 aliphatic carbocycles. The third-order valence-electron chi connectivity index (χ3n) is 5.68. The van der Waals surface area contributed by atoms with Gasteiger partial charge in [0.25, 0.3) is 0 Å². The van der Waals surface area contributed by atoms with Crippen LogP contribution in [0.4, 0.5) is 0 Å². The van der Waals surface area contributed by atoms with Crippen LogP contribution in [0.1, 0.15) is 43.6 Å². The van der Waals surface area contributed by atoms with E-state index in [0.29, 0.717) is 5.69 Å². The number of carbonyl (C=O) groups is 1. The summed E-state index contributed by atoms with van der Waals surface area (Å²) in [7, 11) is 0. The number of hydrogen-bond acceptors (Lipinski definition) is 5. The summed E-state index contributed by atoms with van der Waals surface area (Å²) >= 11 is 0. The van der Waals surface area contributed by atoms with E-state index in [1.807, 2.05) is 18.2 Å². The van der Waals surface area contributed by atoms with Crippen LogP contribution in [-0.2, 0) is 0 Å². The number of carbonyl (C=O) groups excluding carboxylic acids is 1. The van der Waals surface area contributed by atoms with Gasteiger partial charge in [0.15, 0.2) is 0 Å². The number of piperazine rings is 1. The van der Waals surface area contributed by atoms with Gasteiger partial charge in [0, 0.05) is 38.9 Å². The summed E-state index contributed by atoms with van der Waals surface area (Å²) in [6.45, 7) is 11.5. The molecule has 0 aromatic carbocycles.